The van der Waals surface area contributed by atoms with Gasteiger partial charge >= 0.3 is 0 Å². The summed E-state index contributed by atoms with van der Waals surface area (Å²) < 4.78 is 5.75. The van der Waals surface area contributed by atoms with Gasteiger partial charge in [-0.3, -0.25) is 4.99 Å². The van der Waals surface area contributed by atoms with Crippen molar-refractivity contribution in [1.29, 1.82) is 0 Å². The van der Waals surface area contributed by atoms with Crippen molar-refractivity contribution in [2.24, 2.45) is 4.99 Å². The Labute approximate surface area is 129 Å². The lowest BCUT2D eigenvalue weighted by atomic mass is 9.99. The van der Waals surface area contributed by atoms with Crippen LogP contribution >= 0.6 is 23.1 Å². The number of thiophene rings is 1. The number of aliphatic imine (C=N–C) groups is 1. The third-order valence-corrected chi connectivity index (χ3v) is 5.94. The van der Waals surface area contributed by atoms with Crippen molar-refractivity contribution >= 4 is 29.1 Å². The molecular formula is C14H23N3OS2. The predicted octanol–water partition coefficient (Wildman–Crippen LogP) is 2.33. The number of thioether (sulfide) groups is 1. The second-order valence-corrected chi connectivity index (χ2v) is 7.16. The van der Waals surface area contributed by atoms with Crippen LogP contribution < -0.4 is 10.6 Å². The Morgan fingerprint density at radius 3 is 2.85 bits per heavy atom. The van der Waals surface area contributed by atoms with E-state index in [0.717, 1.165) is 45.1 Å². The Morgan fingerprint density at radius 1 is 1.45 bits per heavy atom. The number of hydrogen-bond acceptors (Lipinski definition) is 4. The molecule has 0 amide bonds. The van der Waals surface area contributed by atoms with Crippen LogP contribution in [0.25, 0.3) is 0 Å². The fourth-order valence-electron chi connectivity index (χ4n) is 2.25. The lowest BCUT2D eigenvalue weighted by Gasteiger charge is -2.36. The lowest BCUT2D eigenvalue weighted by molar-refractivity contribution is 0.0783. The number of guanidine groups is 1. The van der Waals surface area contributed by atoms with Crippen molar-refractivity contribution < 1.29 is 4.74 Å². The van der Waals surface area contributed by atoms with Gasteiger partial charge in [-0.05, 0) is 30.5 Å². The third-order valence-electron chi connectivity index (χ3n) is 3.65. The summed E-state index contributed by atoms with van der Waals surface area (Å²) in [6.07, 6.45) is 4.39. The molecule has 0 atom stereocenters. The molecule has 6 heteroatoms. The van der Waals surface area contributed by atoms with E-state index in [-0.39, 0.29) is 4.75 Å². The zero-order valence-corrected chi connectivity index (χ0v) is 13.8. The monoisotopic (exact) mass is 313 g/mol. The van der Waals surface area contributed by atoms with Gasteiger partial charge in [0.2, 0.25) is 0 Å². The average Bonchev–Trinajstić information content (AvgIpc) is 3.02. The molecule has 1 aliphatic rings. The molecular weight excluding hydrogens is 290 g/mol. The van der Waals surface area contributed by atoms with E-state index < -0.39 is 0 Å². The van der Waals surface area contributed by atoms with Crippen LogP contribution in [-0.4, -0.2) is 43.8 Å². The second-order valence-electron chi connectivity index (χ2n) is 4.86. The SMILES string of the molecule is CN=C(NCc1cccs1)NCC1(SC)CCOCC1. The van der Waals surface area contributed by atoms with Gasteiger partial charge in [-0.25, -0.2) is 0 Å². The quantitative estimate of drug-likeness (QED) is 0.647. The molecule has 0 unspecified atom stereocenters. The highest BCUT2D eigenvalue weighted by Gasteiger charge is 2.31. The van der Waals surface area contributed by atoms with E-state index in [2.05, 4.69) is 39.4 Å². The molecule has 0 saturated carbocycles. The molecule has 2 heterocycles. The van der Waals surface area contributed by atoms with E-state index in [1.54, 1.807) is 11.3 Å². The maximum atomic E-state index is 5.47. The van der Waals surface area contributed by atoms with Crippen LogP contribution in [0, 0.1) is 0 Å². The molecule has 20 heavy (non-hydrogen) atoms. The van der Waals surface area contributed by atoms with Gasteiger partial charge in [-0.2, -0.15) is 11.8 Å². The summed E-state index contributed by atoms with van der Waals surface area (Å²) >= 11 is 3.70. The molecule has 0 bridgehead atoms. The molecule has 1 fully saturated rings. The predicted molar refractivity (Wildman–Crippen MR) is 88.8 cm³/mol. The lowest BCUT2D eigenvalue weighted by Crippen LogP contribution is -2.47. The number of rotatable bonds is 5. The number of nitrogens with one attached hydrogen (secondary N) is 2. The first-order chi connectivity index (χ1) is 9.78. The van der Waals surface area contributed by atoms with Gasteiger partial charge in [-0.15, -0.1) is 11.3 Å². The van der Waals surface area contributed by atoms with Crippen LogP contribution in [0.4, 0.5) is 0 Å². The summed E-state index contributed by atoms with van der Waals surface area (Å²) in [6.45, 7) is 3.49. The summed E-state index contributed by atoms with van der Waals surface area (Å²) in [4.78, 5) is 5.61. The molecule has 1 saturated heterocycles. The summed E-state index contributed by atoms with van der Waals surface area (Å²) in [5.74, 6) is 0.873. The van der Waals surface area contributed by atoms with Gasteiger partial charge in [0.25, 0.3) is 0 Å². The summed E-state index contributed by atoms with van der Waals surface area (Å²) in [7, 11) is 1.82. The van der Waals surface area contributed by atoms with E-state index in [0.29, 0.717) is 0 Å². The van der Waals surface area contributed by atoms with Gasteiger partial charge in [0.05, 0.1) is 6.54 Å². The molecule has 1 aliphatic heterocycles. The Morgan fingerprint density at radius 2 is 2.25 bits per heavy atom. The average molecular weight is 313 g/mol. The van der Waals surface area contributed by atoms with Crippen LogP contribution in [0.3, 0.4) is 0 Å². The largest absolute Gasteiger partial charge is 0.381 e. The highest BCUT2D eigenvalue weighted by Crippen LogP contribution is 2.32. The van der Waals surface area contributed by atoms with E-state index in [4.69, 9.17) is 4.74 Å². The molecule has 1 aromatic heterocycles. The zero-order chi connectivity index (χ0) is 14.3. The third kappa shape index (κ3) is 4.40. The van der Waals surface area contributed by atoms with Gasteiger partial charge in [0, 0.05) is 36.4 Å². The van der Waals surface area contributed by atoms with E-state index >= 15 is 0 Å². The van der Waals surface area contributed by atoms with Crippen LogP contribution in [-0.2, 0) is 11.3 Å². The minimum Gasteiger partial charge on any atom is -0.381 e. The van der Waals surface area contributed by atoms with Crippen molar-refractivity contribution in [3.05, 3.63) is 22.4 Å². The van der Waals surface area contributed by atoms with E-state index in [1.807, 2.05) is 18.8 Å². The highest BCUT2D eigenvalue weighted by molar-refractivity contribution is 8.00. The molecule has 2 N–H and O–H groups in total. The van der Waals surface area contributed by atoms with Crippen LogP contribution in [0.5, 0.6) is 0 Å². The standard InChI is InChI=1S/C14H23N3OS2/c1-15-13(16-10-12-4-3-9-20-12)17-11-14(19-2)5-7-18-8-6-14/h3-4,9H,5-8,10-11H2,1-2H3,(H2,15,16,17). The second kappa shape index (κ2) is 7.90. The minimum atomic E-state index is 0.277. The fourth-order valence-corrected chi connectivity index (χ4v) is 3.68. The Hall–Kier alpha value is -0.720. The highest BCUT2D eigenvalue weighted by atomic mass is 32.2. The topological polar surface area (TPSA) is 45.7 Å². The van der Waals surface area contributed by atoms with E-state index in [9.17, 15) is 0 Å². The molecule has 0 aliphatic carbocycles. The van der Waals surface area contributed by atoms with Crippen molar-refractivity contribution in [2.45, 2.75) is 24.1 Å². The van der Waals surface area contributed by atoms with E-state index in [1.165, 1.54) is 4.88 Å². The molecule has 112 valence electrons. The first-order valence-electron chi connectivity index (χ1n) is 6.88. The zero-order valence-electron chi connectivity index (χ0n) is 12.1. The van der Waals surface area contributed by atoms with Crippen LogP contribution in [0.1, 0.15) is 17.7 Å². The maximum Gasteiger partial charge on any atom is 0.191 e. The first-order valence-corrected chi connectivity index (χ1v) is 8.98. The minimum absolute atomic E-state index is 0.277. The molecule has 2 rings (SSSR count). The fraction of sp³-hybridized carbons (Fsp3) is 0.643. The van der Waals surface area contributed by atoms with Crippen LogP contribution in [0.15, 0.2) is 22.5 Å². The smallest absolute Gasteiger partial charge is 0.191 e. The van der Waals surface area contributed by atoms with Gasteiger partial charge < -0.3 is 15.4 Å². The number of ether oxygens (including phenoxy) is 1. The number of nitrogens with zero attached hydrogens (tertiary/aromatic N) is 1. The Kier molecular flexibility index (Phi) is 6.19. The Bertz CT molecular complexity index is 414. The van der Waals surface area contributed by atoms with Gasteiger partial charge in [0.1, 0.15) is 0 Å². The van der Waals surface area contributed by atoms with Gasteiger partial charge in [0.15, 0.2) is 5.96 Å². The molecule has 4 nitrogen and oxygen atoms in total. The number of hydrogen-bond donors (Lipinski definition) is 2. The van der Waals surface area contributed by atoms with Crippen LogP contribution in [0.2, 0.25) is 0 Å². The molecule has 0 spiro atoms. The van der Waals surface area contributed by atoms with Gasteiger partial charge in [-0.1, -0.05) is 6.07 Å². The van der Waals surface area contributed by atoms with Crippen molar-refractivity contribution in [2.75, 3.05) is 33.1 Å². The molecule has 0 radical (unpaired) electrons. The Balaban J connectivity index is 1.80. The van der Waals surface area contributed by atoms with Crippen molar-refractivity contribution in [3.63, 3.8) is 0 Å². The molecule has 1 aromatic rings. The summed E-state index contributed by atoms with van der Waals surface area (Å²) in [6, 6.07) is 4.20. The summed E-state index contributed by atoms with van der Waals surface area (Å²) in [5.41, 5.74) is 0. The normalized spacial score (nSPS) is 18.8. The summed E-state index contributed by atoms with van der Waals surface area (Å²) in [5, 5.41) is 8.92. The first kappa shape index (κ1) is 15.7. The maximum absolute atomic E-state index is 5.47. The molecule has 0 aromatic carbocycles. The van der Waals surface area contributed by atoms with Crippen molar-refractivity contribution in [3.8, 4) is 0 Å². The van der Waals surface area contributed by atoms with Crippen molar-refractivity contribution in [1.82, 2.24) is 10.6 Å².